The van der Waals surface area contributed by atoms with Crippen LogP contribution in [0.25, 0.3) is 0 Å². The van der Waals surface area contributed by atoms with Gasteiger partial charge in [0, 0.05) is 30.7 Å². The van der Waals surface area contributed by atoms with E-state index in [0.29, 0.717) is 25.0 Å². The summed E-state index contributed by atoms with van der Waals surface area (Å²) in [7, 11) is 2.41. The number of benzene rings is 1. The fourth-order valence-electron chi connectivity index (χ4n) is 2.70. The summed E-state index contributed by atoms with van der Waals surface area (Å²) in [6, 6.07) is 9.78. The lowest BCUT2D eigenvalue weighted by Crippen LogP contribution is -2.28. The molecule has 1 N–H and O–H groups in total. The van der Waals surface area contributed by atoms with Crippen molar-refractivity contribution in [3.05, 3.63) is 47.2 Å². The summed E-state index contributed by atoms with van der Waals surface area (Å²) < 4.78 is 9.30. The molecule has 0 spiro atoms. The number of ketones is 1. The van der Waals surface area contributed by atoms with Gasteiger partial charge in [0.15, 0.2) is 11.7 Å². The molecule has 6 nitrogen and oxygen atoms in total. The maximum Gasteiger partial charge on any atom is 0.320 e. The van der Waals surface area contributed by atoms with E-state index in [2.05, 4.69) is 14.8 Å². The molecule has 0 aliphatic heterocycles. The maximum absolute atomic E-state index is 12.2. The predicted molar refractivity (Wildman–Crippen MR) is 86.7 cm³/mol. The highest BCUT2D eigenvalue weighted by molar-refractivity contribution is 6.02. The van der Waals surface area contributed by atoms with Gasteiger partial charge in [0.1, 0.15) is 0 Å². The van der Waals surface area contributed by atoms with E-state index < -0.39 is 17.9 Å². The van der Waals surface area contributed by atoms with Crippen molar-refractivity contribution in [2.24, 2.45) is 5.92 Å². The Labute approximate surface area is 140 Å². The van der Waals surface area contributed by atoms with Crippen molar-refractivity contribution in [1.29, 1.82) is 0 Å². The Morgan fingerprint density at radius 3 is 2.29 bits per heavy atom. The van der Waals surface area contributed by atoms with Crippen LogP contribution in [0.4, 0.5) is 0 Å². The second-order valence-corrected chi connectivity index (χ2v) is 5.52. The average molecular weight is 331 g/mol. The van der Waals surface area contributed by atoms with E-state index in [-0.39, 0.29) is 12.2 Å². The third-order valence-corrected chi connectivity index (χ3v) is 4.03. The van der Waals surface area contributed by atoms with E-state index in [1.165, 1.54) is 14.2 Å². The van der Waals surface area contributed by atoms with Gasteiger partial charge in [0.05, 0.1) is 14.2 Å². The maximum atomic E-state index is 12.2. The highest BCUT2D eigenvalue weighted by Gasteiger charge is 2.34. The zero-order chi connectivity index (χ0) is 17.5. The molecule has 0 saturated carbocycles. The number of ether oxygens (including phenoxy) is 2. The van der Waals surface area contributed by atoms with E-state index in [0.717, 1.165) is 11.3 Å². The standard InChI is InChI=1S/C18H21NO5/c1-23-17(21)14(18(22)24-2)10-13-15(8-9-16(13)20)19-11-12-6-4-3-5-7-12/h3-7,14,19H,8-11H2,1-2H3. The minimum absolute atomic E-state index is 0.00466. The van der Waals surface area contributed by atoms with Gasteiger partial charge in [-0.2, -0.15) is 0 Å². The summed E-state index contributed by atoms with van der Waals surface area (Å²) in [5, 5.41) is 3.25. The first-order valence-electron chi connectivity index (χ1n) is 7.75. The first-order valence-corrected chi connectivity index (χ1v) is 7.75. The van der Waals surface area contributed by atoms with Gasteiger partial charge in [-0.1, -0.05) is 30.3 Å². The van der Waals surface area contributed by atoms with Gasteiger partial charge in [-0.25, -0.2) is 0 Å². The molecule has 0 aromatic heterocycles. The number of Topliss-reactive ketones (excluding diaryl/α,β-unsaturated/α-hetero) is 1. The van der Waals surface area contributed by atoms with E-state index >= 15 is 0 Å². The van der Waals surface area contributed by atoms with Crippen molar-refractivity contribution in [2.45, 2.75) is 25.8 Å². The highest BCUT2D eigenvalue weighted by atomic mass is 16.5. The van der Waals surface area contributed by atoms with Crippen molar-refractivity contribution < 1.29 is 23.9 Å². The summed E-state index contributed by atoms with van der Waals surface area (Å²) in [4.78, 5) is 35.8. The number of hydrogen-bond donors (Lipinski definition) is 1. The monoisotopic (exact) mass is 331 g/mol. The third kappa shape index (κ3) is 4.22. The van der Waals surface area contributed by atoms with Gasteiger partial charge in [0.2, 0.25) is 0 Å². The lowest BCUT2D eigenvalue weighted by atomic mass is 9.97. The fraction of sp³-hybridized carbons (Fsp3) is 0.389. The number of nitrogens with one attached hydrogen (secondary N) is 1. The third-order valence-electron chi connectivity index (χ3n) is 4.03. The number of rotatable bonds is 7. The molecule has 1 aliphatic carbocycles. The molecular formula is C18H21NO5. The second kappa shape index (κ2) is 8.29. The minimum Gasteiger partial charge on any atom is -0.468 e. The number of allylic oxidation sites excluding steroid dienone is 2. The Morgan fingerprint density at radius 1 is 1.08 bits per heavy atom. The van der Waals surface area contributed by atoms with Gasteiger partial charge in [0.25, 0.3) is 0 Å². The molecule has 0 fully saturated rings. The van der Waals surface area contributed by atoms with Crippen molar-refractivity contribution in [2.75, 3.05) is 14.2 Å². The Morgan fingerprint density at radius 2 is 1.71 bits per heavy atom. The normalized spacial score (nSPS) is 14.0. The first-order chi connectivity index (χ1) is 11.6. The molecule has 0 atom stereocenters. The van der Waals surface area contributed by atoms with Gasteiger partial charge in [-0.15, -0.1) is 0 Å². The number of hydrogen-bond acceptors (Lipinski definition) is 6. The van der Waals surface area contributed by atoms with Crippen molar-refractivity contribution in [3.8, 4) is 0 Å². The van der Waals surface area contributed by atoms with Gasteiger partial charge < -0.3 is 14.8 Å². The molecule has 1 aromatic rings. The lowest BCUT2D eigenvalue weighted by molar-refractivity contribution is -0.158. The largest absolute Gasteiger partial charge is 0.468 e. The van der Waals surface area contributed by atoms with Crippen molar-refractivity contribution in [1.82, 2.24) is 5.32 Å². The summed E-state index contributed by atoms with van der Waals surface area (Å²) in [5.74, 6) is -2.57. The van der Waals surface area contributed by atoms with Crippen LogP contribution in [0.5, 0.6) is 0 Å². The Bertz CT molecular complexity index is 635. The van der Waals surface area contributed by atoms with Gasteiger partial charge in [-0.3, -0.25) is 14.4 Å². The van der Waals surface area contributed by atoms with Crippen LogP contribution < -0.4 is 5.32 Å². The van der Waals surface area contributed by atoms with Crippen LogP contribution in [0.1, 0.15) is 24.8 Å². The van der Waals surface area contributed by atoms with E-state index in [4.69, 9.17) is 0 Å². The van der Waals surface area contributed by atoms with Crippen molar-refractivity contribution in [3.63, 3.8) is 0 Å². The SMILES string of the molecule is COC(=O)C(CC1=C(NCc2ccccc2)CCC1=O)C(=O)OC. The molecular weight excluding hydrogens is 310 g/mol. The van der Waals surface area contributed by atoms with Gasteiger partial charge >= 0.3 is 11.9 Å². The Balaban J connectivity index is 2.14. The molecule has 6 heteroatoms. The quantitative estimate of drug-likeness (QED) is 0.605. The number of carbonyl (C=O) groups is 3. The average Bonchev–Trinajstić information content (AvgIpc) is 2.97. The molecule has 2 rings (SSSR count). The lowest BCUT2D eigenvalue weighted by Gasteiger charge is -2.15. The molecule has 1 aromatic carbocycles. The summed E-state index contributed by atoms with van der Waals surface area (Å²) in [5.41, 5.74) is 2.34. The molecule has 128 valence electrons. The Hall–Kier alpha value is -2.63. The molecule has 0 unspecified atom stereocenters. The van der Waals surface area contributed by atoms with Crippen LogP contribution in [-0.4, -0.2) is 31.9 Å². The van der Waals surface area contributed by atoms with Crippen LogP contribution in [0.15, 0.2) is 41.6 Å². The number of methoxy groups -OCH3 is 2. The van der Waals surface area contributed by atoms with Crippen LogP contribution >= 0.6 is 0 Å². The number of esters is 2. The predicted octanol–water partition coefficient (Wildman–Crippen LogP) is 1.75. The molecule has 1 aliphatic rings. The molecule has 0 bridgehead atoms. The van der Waals surface area contributed by atoms with Gasteiger partial charge in [-0.05, 0) is 12.0 Å². The first kappa shape index (κ1) is 17.7. The molecule has 0 radical (unpaired) electrons. The summed E-state index contributed by atoms with van der Waals surface area (Å²) in [6.45, 7) is 0.577. The minimum atomic E-state index is -1.12. The Kier molecular flexibility index (Phi) is 6.12. The highest BCUT2D eigenvalue weighted by Crippen LogP contribution is 2.28. The second-order valence-electron chi connectivity index (χ2n) is 5.52. The summed E-state index contributed by atoms with van der Waals surface area (Å²) >= 11 is 0. The van der Waals surface area contributed by atoms with Crippen LogP contribution in [0.3, 0.4) is 0 Å². The molecule has 24 heavy (non-hydrogen) atoms. The van der Waals surface area contributed by atoms with E-state index in [9.17, 15) is 14.4 Å². The van der Waals surface area contributed by atoms with Crippen LogP contribution in [0, 0.1) is 5.92 Å². The zero-order valence-electron chi connectivity index (χ0n) is 13.8. The number of carbonyl (C=O) groups excluding carboxylic acids is 3. The molecule has 0 amide bonds. The molecule has 0 saturated heterocycles. The van der Waals surface area contributed by atoms with Crippen molar-refractivity contribution >= 4 is 17.7 Å². The van der Waals surface area contributed by atoms with Crippen LogP contribution in [0.2, 0.25) is 0 Å². The summed E-state index contributed by atoms with van der Waals surface area (Å²) in [6.07, 6.45) is 0.951. The fourth-order valence-corrected chi connectivity index (χ4v) is 2.70. The van der Waals surface area contributed by atoms with E-state index in [1.54, 1.807) is 0 Å². The zero-order valence-corrected chi connectivity index (χ0v) is 13.8. The van der Waals surface area contributed by atoms with Crippen LogP contribution in [-0.2, 0) is 30.4 Å². The smallest absolute Gasteiger partial charge is 0.320 e. The van der Waals surface area contributed by atoms with E-state index in [1.807, 2.05) is 30.3 Å². The topological polar surface area (TPSA) is 81.7 Å². The molecule has 0 heterocycles.